The third kappa shape index (κ3) is 4.56. The summed E-state index contributed by atoms with van der Waals surface area (Å²) in [6, 6.07) is 12.9. The lowest BCUT2D eigenvalue weighted by molar-refractivity contribution is -0.126. The van der Waals surface area contributed by atoms with Gasteiger partial charge in [0.15, 0.2) is 0 Å². The Morgan fingerprint density at radius 3 is 2.41 bits per heavy atom. The van der Waals surface area contributed by atoms with E-state index in [1.54, 1.807) is 42.5 Å². The molecule has 6 heteroatoms. The Morgan fingerprint density at radius 1 is 1.00 bits per heavy atom. The van der Waals surface area contributed by atoms with Gasteiger partial charge in [-0.25, -0.2) is 4.39 Å². The fraction of sp³-hybridized carbons (Fsp3) is 0.125. The molecule has 0 unspecified atom stereocenters. The molecule has 0 aromatic heterocycles. The lowest BCUT2D eigenvalue weighted by atomic mass is 10.2. The quantitative estimate of drug-likeness (QED) is 0.832. The van der Waals surface area contributed by atoms with Gasteiger partial charge in [-0.3, -0.25) is 9.59 Å². The third-order valence-corrected chi connectivity index (χ3v) is 3.23. The zero-order valence-corrected chi connectivity index (χ0v) is 12.4. The maximum Gasteiger partial charge on any atom is 0.233 e. The Hall–Kier alpha value is -2.40. The van der Waals surface area contributed by atoms with E-state index >= 15 is 0 Å². The Balaban J connectivity index is 1.83. The van der Waals surface area contributed by atoms with Crippen molar-refractivity contribution in [3.05, 3.63) is 64.9 Å². The number of amides is 2. The average Bonchev–Trinajstić information content (AvgIpc) is 2.49. The summed E-state index contributed by atoms with van der Waals surface area (Å²) in [6.07, 6.45) is -0.361. The van der Waals surface area contributed by atoms with E-state index in [0.717, 1.165) is 0 Å². The molecule has 0 saturated carbocycles. The topological polar surface area (TPSA) is 58.2 Å². The second kappa shape index (κ2) is 7.56. The molecule has 0 aliphatic rings. The lowest BCUT2D eigenvalue weighted by Gasteiger charge is -2.08. The molecule has 0 aliphatic carbocycles. The van der Waals surface area contributed by atoms with Gasteiger partial charge in [-0.15, -0.1) is 0 Å². The first-order chi connectivity index (χ1) is 10.6. The van der Waals surface area contributed by atoms with Crippen LogP contribution in [0.4, 0.5) is 10.1 Å². The number of hydrogen-bond donors (Lipinski definition) is 2. The summed E-state index contributed by atoms with van der Waals surface area (Å²) in [5.41, 5.74) is 0.804. The molecule has 2 amide bonds. The summed E-state index contributed by atoms with van der Waals surface area (Å²) in [4.78, 5) is 23.4. The average molecular weight is 321 g/mol. The molecule has 2 aromatic carbocycles. The minimum absolute atomic E-state index is 0.0326. The highest BCUT2D eigenvalue weighted by Crippen LogP contribution is 2.20. The monoisotopic (exact) mass is 320 g/mol. The van der Waals surface area contributed by atoms with Crippen LogP contribution in [0.25, 0.3) is 0 Å². The highest BCUT2D eigenvalue weighted by Gasteiger charge is 2.11. The largest absolute Gasteiger partial charge is 0.351 e. The minimum atomic E-state index is -0.493. The lowest BCUT2D eigenvalue weighted by Crippen LogP contribution is -2.28. The van der Waals surface area contributed by atoms with Gasteiger partial charge in [-0.05, 0) is 18.2 Å². The van der Waals surface area contributed by atoms with Crippen molar-refractivity contribution in [1.82, 2.24) is 5.32 Å². The normalized spacial score (nSPS) is 10.1. The van der Waals surface area contributed by atoms with Crippen molar-refractivity contribution >= 4 is 29.1 Å². The van der Waals surface area contributed by atoms with Gasteiger partial charge in [0.2, 0.25) is 11.8 Å². The van der Waals surface area contributed by atoms with Crippen molar-refractivity contribution in [3.8, 4) is 0 Å². The smallest absolute Gasteiger partial charge is 0.233 e. The number of nitrogens with one attached hydrogen (secondary N) is 2. The van der Waals surface area contributed by atoms with E-state index in [-0.39, 0.29) is 13.0 Å². The first-order valence-corrected chi connectivity index (χ1v) is 6.98. The summed E-state index contributed by atoms with van der Waals surface area (Å²) in [5.74, 6) is -1.38. The van der Waals surface area contributed by atoms with Gasteiger partial charge in [0.1, 0.15) is 12.2 Å². The number of para-hydroxylation sites is 1. The van der Waals surface area contributed by atoms with Crippen LogP contribution in [-0.2, 0) is 16.1 Å². The van der Waals surface area contributed by atoms with E-state index < -0.39 is 17.6 Å². The highest BCUT2D eigenvalue weighted by molar-refractivity contribution is 6.33. The molecule has 2 rings (SSSR count). The van der Waals surface area contributed by atoms with Crippen LogP contribution in [0.15, 0.2) is 48.5 Å². The summed E-state index contributed by atoms with van der Waals surface area (Å²) in [6.45, 7) is 0.0326. The summed E-state index contributed by atoms with van der Waals surface area (Å²) < 4.78 is 13.4. The zero-order chi connectivity index (χ0) is 15.9. The van der Waals surface area contributed by atoms with Gasteiger partial charge in [-0.1, -0.05) is 41.9 Å². The van der Waals surface area contributed by atoms with Crippen LogP contribution in [0.5, 0.6) is 0 Å². The molecule has 114 valence electrons. The SMILES string of the molecule is O=C(CC(=O)Nc1ccccc1Cl)NCc1ccccc1F. The fourth-order valence-electron chi connectivity index (χ4n) is 1.80. The second-order valence-corrected chi connectivity index (χ2v) is 4.98. The van der Waals surface area contributed by atoms with E-state index in [4.69, 9.17) is 11.6 Å². The van der Waals surface area contributed by atoms with Crippen molar-refractivity contribution in [2.75, 3.05) is 5.32 Å². The van der Waals surface area contributed by atoms with Crippen LogP contribution in [0, 0.1) is 5.82 Å². The van der Waals surface area contributed by atoms with Crippen molar-refractivity contribution in [1.29, 1.82) is 0 Å². The minimum Gasteiger partial charge on any atom is -0.351 e. The van der Waals surface area contributed by atoms with Crippen molar-refractivity contribution < 1.29 is 14.0 Å². The molecule has 22 heavy (non-hydrogen) atoms. The number of hydrogen-bond acceptors (Lipinski definition) is 2. The summed E-state index contributed by atoms with van der Waals surface area (Å²) >= 11 is 5.91. The van der Waals surface area contributed by atoms with Crippen molar-refractivity contribution in [3.63, 3.8) is 0 Å². The van der Waals surface area contributed by atoms with Gasteiger partial charge >= 0.3 is 0 Å². The van der Waals surface area contributed by atoms with Gasteiger partial charge in [0.25, 0.3) is 0 Å². The van der Waals surface area contributed by atoms with Crippen LogP contribution < -0.4 is 10.6 Å². The van der Waals surface area contributed by atoms with Crippen LogP contribution in [0.3, 0.4) is 0 Å². The highest BCUT2D eigenvalue weighted by atomic mass is 35.5. The van der Waals surface area contributed by atoms with Crippen LogP contribution in [0.1, 0.15) is 12.0 Å². The Morgan fingerprint density at radius 2 is 1.68 bits per heavy atom. The Bertz CT molecular complexity index is 691. The third-order valence-electron chi connectivity index (χ3n) is 2.90. The Kier molecular flexibility index (Phi) is 5.49. The summed E-state index contributed by atoms with van der Waals surface area (Å²) in [5, 5.41) is 5.43. The molecule has 4 nitrogen and oxygen atoms in total. The standard InChI is InChI=1S/C16H14ClFN2O2/c17-12-6-2-4-8-14(12)20-16(22)9-15(21)19-10-11-5-1-3-7-13(11)18/h1-8H,9-10H2,(H,19,21)(H,20,22). The number of benzene rings is 2. The van der Waals surface area contributed by atoms with Crippen molar-refractivity contribution in [2.45, 2.75) is 13.0 Å². The van der Waals surface area contributed by atoms with Crippen LogP contribution in [-0.4, -0.2) is 11.8 Å². The molecular formula is C16H14ClFN2O2. The van der Waals surface area contributed by atoms with E-state index in [2.05, 4.69) is 10.6 Å². The Labute approximate surface area is 132 Å². The first kappa shape index (κ1) is 16.0. The number of rotatable bonds is 5. The molecule has 0 spiro atoms. The second-order valence-electron chi connectivity index (χ2n) is 4.57. The van der Waals surface area contributed by atoms with E-state index in [0.29, 0.717) is 16.3 Å². The molecule has 0 atom stereocenters. The van der Waals surface area contributed by atoms with E-state index in [1.807, 2.05) is 0 Å². The molecule has 0 bridgehead atoms. The predicted molar refractivity (Wildman–Crippen MR) is 82.9 cm³/mol. The molecular weight excluding hydrogens is 307 g/mol. The maximum absolute atomic E-state index is 13.4. The van der Waals surface area contributed by atoms with Crippen LogP contribution in [0.2, 0.25) is 5.02 Å². The number of carbonyl (C=O) groups is 2. The molecule has 0 radical (unpaired) electrons. The predicted octanol–water partition coefficient (Wildman–Crippen LogP) is 3.12. The van der Waals surface area contributed by atoms with Gasteiger partial charge in [0.05, 0.1) is 10.7 Å². The first-order valence-electron chi connectivity index (χ1n) is 6.61. The zero-order valence-electron chi connectivity index (χ0n) is 11.6. The molecule has 0 fully saturated rings. The van der Waals surface area contributed by atoms with Gasteiger partial charge in [0, 0.05) is 12.1 Å². The molecule has 2 aromatic rings. The van der Waals surface area contributed by atoms with Crippen molar-refractivity contribution in [2.24, 2.45) is 0 Å². The molecule has 2 N–H and O–H groups in total. The fourth-order valence-corrected chi connectivity index (χ4v) is 1.98. The van der Waals surface area contributed by atoms with Gasteiger partial charge in [-0.2, -0.15) is 0 Å². The maximum atomic E-state index is 13.4. The van der Waals surface area contributed by atoms with E-state index in [9.17, 15) is 14.0 Å². The number of carbonyl (C=O) groups excluding carboxylic acids is 2. The van der Waals surface area contributed by atoms with E-state index in [1.165, 1.54) is 6.07 Å². The van der Waals surface area contributed by atoms with Crippen LogP contribution >= 0.6 is 11.6 Å². The number of anilines is 1. The summed E-state index contributed by atoms with van der Waals surface area (Å²) in [7, 11) is 0. The molecule has 0 saturated heterocycles. The molecule has 0 aliphatic heterocycles. The molecule has 0 heterocycles. The number of halogens is 2. The van der Waals surface area contributed by atoms with Gasteiger partial charge < -0.3 is 10.6 Å².